The average molecular weight is 279 g/mol. The van der Waals surface area contributed by atoms with Crippen LogP contribution in [0.15, 0.2) is 29.1 Å². The van der Waals surface area contributed by atoms with Gasteiger partial charge in [0.15, 0.2) is 0 Å². The number of imidazole rings is 1. The maximum absolute atomic E-state index is 11.9. The molecule has 1 heterocycles. The van der Waals surface area contributed by atoms with Gasteiger partial charge in [-0.1, -0.05) is 19.1 Å². The van der Waals surface area contributed by atoms with Crippen LogP contribution in [0.5, 0.6) is 0 Å². The van der Waals surface area contributed by atoms with Crippen molar-refractivity contribution in [1.29, 1.82) is 0 Å². The Morgan fingerprint density at radius 2 is 2.21 bits per heavy atom. The molecule has 0 amide bonds. The molecule has 1 aromatic carbocycles. The van der Waals surface area contributed by atoms with Gasteiger partial charge in [0.1, 0.15) is 0 Å². The molecule has 0 aliphatic carbocycles. The van der Waals surface area contributed by atoms with Gasteiger partial charge in [-0.15, -0.1) is 0 Å². The van der Waals surface area contributed by atoms with E-state index in [0.29, 0.717) is 5.25 Å². The molecule has 5 heteroatoms. The predicted octanol–water partition coefficient (Wildman–Crippen LogP) is 2.19. The average Bonchev–Trinajstić information content (AvgIpc) is 2.71. The maximum atomic E-state index is 11.9. The maximum Gasteiger partial charge on any atom is 0.326 e. The van der Waals surface area contributed by atoms with Crippen LogP contribution in [0.4, 0.5) is 0 Å². The number of aromatic nitrogens is 2. The topological polar surface area (TPSA) is 63.8 Å². The number of aryl methyl sites for hydroxylation is 1. The first-order valence-corrected chi connectivity index (χ1v) is 7.76. The first kappa shape index (κ1) is 14.2. The Labute approximate surface area is 117 Å². The summed E-state index contributed by atoms with van der Waals surface area (Å²) < 4.78 is 1.82. The van der Waals surface area contributed by atoms with Gasteiger partial charge in [0, 0.05) is 11.8 Å². The fourth-order valence-electron chi connectivity index (χ4n) is 2.15. The zero-order valence-electron chi connectivity index (χ0n) is 11.3. The number of hydrogen-bond donors (Lipinski definition) is 2. The highest BCUT2D eigenvalue weighted by atomic mass is 32.2. The molecule has 0 aliphatic rings. The summed E-state index contributed by atoms with van der Waals surface area (Å²) >= 11 is 1.93. The molecular formula is C14H21N3OS. The summed E-state index contributed by atoms with van der Waals surface area (Å²) in [7, 11) is 0. The van der Waals surface area contributed by atoms with Gasteiger partial charge in [0.25, 0.3) is 0 Å². The number of thioether (sulfide) groups is 1. The third kappa shape index (κ3) is 3.64. The molecule has 3 N–H and O–H groups in total. The van der Waals surface area contributed by atoms with Crippen LogP contribution in [-0.2, 0) is 6.54 Å². The fourth-order valence-corrected chi connectivity index (χ4v) is 3.15. The third-order valence-electron chi connectivity index (χ3n) is 3.18. The number of H-pyrrole nitrogens is 1. The lowest BCUT2D eigenvalue weighted by Crippen LogP contribution is -2.17. The highest BCUT2D eigenvalue weighted by molar-refractivity contribution is 7.99. The number of nitrogens with two attached hydrogens (primary N) is 1. The number of benzene rings is 1. The molecule has 0 bridgehead atoms. The Morgan fingerprint density at radius 1 is 1.42 bits per heavy atom. The highest BCUT2D eigenvalue weighted by Gasteiger charge is 2.06. The van der Waals surface area contributed by atoms with Crippen molar-refractivity contribution in [3.05, 3.63) is 34.7 Å². The Kier molecular flexibility index (Phi) is 5.10. The molecule has 0 aliphatic heterocycles. The summed E-state index contributed by atoms with van der Waals surface area (Å²) in [4.78, 5) is 14.7. The molecule has 4 nitrogen and oxygen atoms in total. The van der Waals surface area contributed by atoms with Crippen molar-refractivity contribution in [2.45, 2.75) is 31.6 Å². The van der Waals surface area contributed by atoms with Crippen LogP contribution < -0.4 is 11.4 Å². The number of para-hydroxylation sites is 2. The molecule has 0 saturated heterocycles. The van der Waals surface area contributed by atoms with Crippen LogP contribution in [0.3, 0.4) is 0 Å². The number of rotatable bonds is 7. The van der Waals surface area contributed by atoms with Crippen LogP contribution in [0.2, 0.25) is 0 Å². The monoisotopic (exact) mass is 279 g/mol. The van der Waals surface area contributed by atoms with Crippen molar-refractivity contribution in [1.82, 2.24) is 9.55 Å². The van der Waals surface area contributed by atoms with Gasteiger partial charge in [-0.3, -0.25) is 4.57 Å². The molecule has 0 fully saturated rings. The van der Waals surface area contributed by atoms with Gasteiger partial charge in [-0.2, -0.15) is 11.8 Å². The van der Waals surface area contributed by atoms with E-state index >= 15 is 0 Å². The van der Waals surface area contributed by atoms with Crippen LogP contribution >= 0.6 is 11.8 Å². The van der Waals surface area contributed by atoms with E-state index in [-0.39, 0.29) is 5.69 Å². The van der Waals surface area contributed by atoms with Crippen molar-refractivity contribution in [3.63, 3.8) is 0 Å². The number of nitrogens with zero attached hydrogens (tertiary/aromatic N) is 1. The zero-order valence-corrected chi connectivity index (χ0v) is 12.1. The summed E-state index contributed by atoms with van der Waals surface area (Å²) in [5.41, 5.74) is 7.42. The second-order valence-electron chi connectivity index (χ2n) is 4.71. The molecule has 19 heavy (non-hydrogen) atoms. The van der Waals surface area contributed by atoms with E-state index in [4.69, 9.17) is 5.73 Å². The molecule has 2 aromatic rings. The van der Waals surface area contributed by atoms with Crippen LogP contribution in [-0.4, -0.2) is 27.1 Å². The predicted molar refractivity (Wildman–Crippen MR) is 82.8 cm³/mol. The molecule has 1 aromatic heterocycles. The fraction of sp³-hybridized carbons (Fsp3) is 0.500. The number of hydrogen-bond acceptors (Lipinski definition) is 3. The van der Waals surface area contributed by atoms with E-state index in [1.54, 1.807) is 0 Å². The van der Waals surface area contributed by atoms with E-state index < -0.39 is 0 Å². The zero-order chi connectivity index (χ0) is 13.7. The number of nitrogens with one attached hydrogen (secondary N) is 1. The first-order chi connectivity index (χ1) is 9.22. The Balaban J connectivity index is 1.91. The minimum atomic E-state index is -0.0128. The Bertz CT molecular complexity index is 575. The number of fused-ring (bicyclic) bond motifs is 1. The normalized spacial score (nSPS) is 12.9. The standard InChI is InChI=1S/C14H21N3OS/c1-11(7-8-15)19-10-4-9-17-13-6-3-2-5-12(13)16-14(17)18/h2-3,5-6,11H,4,7-10,15H2,1H3,(H,16,18). The van der Waals surface area contributed by atoms with Crippen molar-refractivity contribution >= 4 is 22.8 Å². The van der Waals surface area contributed by atoms with Gasteiger partial charge in [0.05, 0.1) is 11.0 Å². The van der Waals surface area contributed by atoms with E-state index in [0.717, 1.165) is 42.7 Å². The minimum Gasteiger partial charge on any atom is -0.330 e. The summed E-state index contributed by atoms with van der Waals surface area (Å²) in [6.45, 7) is 3.72. The van der Waals surface area contributed by atoms with Crippen LogP contribution in [0.1, 0.15) is 19.8 Å². The highest BCUT2D eigenvalue weighted by Crippen LogP contribution is 2.15. The lowest BCUT2D eigenvalue weighted by molar-refractivity contribution is 0.678. The summed E-state index contributed by atoms with van der Waals surface area (Å²) in [6, 6.07) is 7.82. The second-order valence-corrected chi connectivity index (χ2v) is 6.26. The van der Waals surface area contributed by atoms with Crippen LogP contribution in [0, 0.1) is 0 Å². The van der Waals surface area contributed by atoms with E-state index in [1.165, 1.54) is 0 Å². The molecule has 0 radical (unpaired) electrons. The number of aromatic amines is 1. The van der Waals surface area contributed by atoms with E-state index in [2.05, 4.69) is 11.9 Å². The third-order valence-corrected chi connectivity index (χ3v) is 4.51. The quantitative estimate of drug-likeness (QED) is 0.764. The summed E-state index contributed by atoms with van der Waals surface area (Å²) in [5.74, 6) is 1.06. The first-order valence-electron chi connectivity index (χ1n) is 6.71. The SMILES string of the molecule is CC(CCN)SCCCn1c(=O)[nH]c2ccccc21. The van der Waals surface area contributed by atoms with E-state index in [1.807, 2.05) is 40.6 Å². The lowest BCUT2D eigenvalue weighted by atomic mass is 10.3. The summed E-state index contributed by atoms with van der Waals surface area (Å²) in [5, 5.41) is 0.602. The van der Waals surface area contributed by atoms with Crippen molar-refractivity contribution < 1.29 is 0 Å². The molecular weight excluding hydrogens is 258 g/mol. The van der Waals surface area contributed by atoms with Gasteiger partial charge >= 0.3 is 5.69 Å². The largest absolute Gasteiger partial charge is 0.330 e. The summed E-state index contributed by atoms with van der Waals surface area (Å²) in [6.07, 6.45) is 2.05. The van der Waals surface area contributed by atoms with Gasteiger partial charge in [-0.25, -0.2) is 4.79 Å². The second kappa shape index (κ2) is 6.82. The smallest absolute Gasteiger partial charge is 0.326 e. The van der Waals surface area contributed by atoms with Gasteiger partial charge in [-0.05, 0) is 37.3 Å². The molecule has 2 rings (SSSR count). The molecule has 1 unspecified atom stereocenters. The molecule has 0 spiro atoms. The van der Waals surface area contributed by atoms with Crippen molar-refractivity contribution in [2.75, 3.05) is 12.3 Å². The van der Waals surface area contributed by atoms with Crippen molar-refractivity contribution in [2.24, 2.45) is 5.73 Å². The molecule has 104 valence electrons. The minimum absolute atomic E-state index is 0.0128. The van der Waals surface area contributed by atoms with Gasteiger partial charge < -0.3 is 10.7 Å². The molecule has 1 atom stereocenters. The van der Waals surface area contributed by atoms with Crippen LogP contribution in [0.25, 0.3) is 11.0 Å². The van der Waals surface area contributed by atoms with E-state index in [9.17, 15) is 4.79 Å². The lowest BCUT2D eigenvalue weighted by Gasteiger charge is -2.09. The molecule has 0 saturated carbocycles. The Morgan fingerprint density at radius 3 is 3.00 bits per heavy atom. The van der Waals surface area contributed by atoms with Crippen molar-refractivity contribution in [3.8, 4) is 0 Å². The Hall–Kier alpha value is -1.20. The van der Waals surface area contributed by atoms with Gasteiger partial charge in [0.2, 0.25) is 0 Å².